The molecule has 2 amide bonds. The van der Waals surface area contributed by atoms with E-state index >= 15 is 0 Å². The minimum absolute atomic E-state index is 0.167. The number of fused-ring (bicyclic) bond motifs is 1. The van der Waals surface area contributed by atoms with Crippen LogP contribution >= 0.6 is 0 Å². The van der Waals surface area contributed by atoms with Gasteiger partial charge in [0.25, 0.3) is 11.8 Å². The van der Waals surface area contributed by atoms with E-state index in [1.165, 1.54) is 5.56 Å². The van der Waals surface area contributed by atoms with Gasteiger partial charge in [-0.2, -0.15) is 0 Å². The Morgan fingerprint density at radius 3 is 2.85 bits per heavy atom. The Labute approximate surface area is 153 Å². The van der Waals surface area contributed by atoms with Crippen molar-refractivity contribution in [1.82, 2.24) is 10.3 Å². The molecule has 1 atom stereocenters. The number of nitrogens with one attached hydrogen (secondary N) is 2. The first-order valence-corrected chi connectivity index (χ1v) is 9.00. The molecule has 6 heteroatoms. The quantitative estimate of drug-likeness (QED) is 0.769. The average Bonchev–Trinajstić information content (AvgIpc) is 2.97. The molecule has 0 fully saturated rings. The van der Waals surface area contributed by atoms with Gasteiger partial charge in [0.15, 0.2) is 0 Å². The minimum Gasteiger partial charge on any atom is -0.493 e. The normalized spacial score (nSPS) is 14.3. The Kier molecular flexibility index (Phi) is 5.02. The topological polar surface area (TPSA) is 97.2 Å². The Bertz CT molecular complexity index is 854. The van der Waals surface area contributed by atoms with E-state index in [1.807, 2.05) is 26.0 Å². The van der Waals surface area contributed by atoms with Crippen molar-refractivity contribution in [3.63, 3.8) is 0 Å². The molecule has 1 unspecified atom stereocenters. The van der Waals surface area contributed by atoms with Gasteiger partial charge >= 0.3 is 0 Å². The van der Waals surface area contributed by atoms with Gasteiger partial charge in [0.05, 0.1) is 18.2 Å². The third-order valence-corrected chi connectivity index (χ3v) is 4.90. The van der Waals surface area contributed by atoms with Gasteiger partial charge in [0.2, 0.25) is 0 Å². The van der Waals surface area contributed by atoms with Gasteiger partial charge in [0, 0.05) is 5.69 Å². The van der Waals surface area contributed by atoms with Crippen molar-refractivity contribution in [3.8, 4) is 5.75 Å². The van der Waals surface area contributed by atoms with Gasteiger partial charge < -0.3 is 20.8 Å². The monoisotopic (exact) mass is 355 g/mol. The predicted molar refractivity (Wildman–Crippen MR) is 99.6 cm³/mol. The third-order valence-electron chi connectivity index (χ3n) is 4.90. The second-order valence-corrected chi connectivity index (χ2v) is 6.71. The van der Waals surface area contributed by atoms with Gasteiger partial charge in [-0.25, -0.2) is 0 Å². The lowest BCUT2D eigenvalue weighted by molar-refractivity contribution is 0.0934. The molecule has 6 nitrogen and oxygen atoms in total. The Morgan fingerprint density at radius 1 is 1.38 bits per heavy atom. The number of rotatable bonds is 5. The van der Waals surface area contributed by atoms with Crippen LogP contribution in [-0.4, -0.2) is 23.4 Å². The molecular weight excluding hydrogens is 330 g/mol. The van der Waals surface area contributed by atoms with Crippen molar-refractivity contribution < 1.29 is 14.3 Å². The third kappa shape index (κ3) is 3.31. The summed E-state index contributed by atoms with van der Waals surface area (Å²) in [6.07, 6.45) is 2.55. The van der Waals surface area contributed by atoms with E-state index in [0.29, 0.717) is 28.9 Å². The maximum Gasteiger partial charge on any atom is 0.268 e. The highest BCUT2D eigenvalue weighted by molar-refractivity contribution is 6.02. The van der Waals surface area contributed by atoms with Crippen molar-refractivity contribution in [2.45, 2.75) is 46.1 Å². The van der Waals surface area contributed by atoms with E-state index in [0.717, 1.165) is 30.8 Å². The first-order chi connectivity index (χ1) is 12.4. The molecule has 1 aliphatic rings. The lowest BCUT2D eigenvalue weighted by Gasteiger charge is -2.20. The van der Waals surface area contributed by atoms with Crippen LogP contribution in [0.3, 0.4) is 0 Å². The number of benzene rings is 1. The number of ether oxygens (including phenoxy) is 1. The van der Waals surface area contributed by atoms with Crippen LogP contribution < -0.4 is 15.8 Å². The summed E-state index contributed by atoms with van der Waals surface area (Å²) >= 11 is 0. The van der Waals surface area contributed by atoms with Crippen molar-refractivity contribution in [2.75, 3.05) is 6.61 Å². The number of hydrogen-bond donors (Lipinski definition) is 3. The molecule has 2 aromatic rings. The van der Waals surface area contributed by atoms with Gasteiger partial charge in [-0.3, -0.25) is 9.59 Å². The lowest BCUT2D eigenvalue weighted by Crippen LogP contribution is -2.28. The van der Waals surface area contributed by atoms with E-state index in [2.05, 4.69) is 16.4 Å². The SMILES string of the molecule is CCc1c(C(=O)NC(C)c2ccc3c(c2)CCCO3)[nH]c(C)c1C(N)=O. The zero-order valence-electron chi connectivity index (χ0n) is 15.4. The summed E-state index contributed by atoms with van der Waals surface area (Å²) < 4.78 is 5.64. The van der Waals surface area contributed by atoms with E-state index in [-0.39, 0.29) is 11.9 Å². The van der Waals surface area contributed by atoms with E-state index in [9.17, 15) is 9.59 Å². The van der Waals surface area contributed by atoms with Crippen molar-refractivity contribution in [2.24, 2.45) is 5.73 Å². The number of aryl methyl sites for hydroxylation is 2. The lowest BCUT2D eigenvalue weighted by atomic mass is 9.99. The number of hydrogen-bond acceptors (Lipinski definition) is 3. The number of H-pyrrole nitrogens is 1. The summed E-state index contributed by atoms with van der Waals surface area (Å²) in [6.45, 7) is 6.36. The Morgan fingerprint density at radius 2 is 2.15 bits per heavy atom. The fourth-order valence-electron chi connectivity index (χ4n) is 3.56. The maximum absolute atomic E-state index is 12.8. The highest BCUT2D eigenvalue weighted by Crippen LogP contribution is 2.28. The smallest absolute Gasteiger partial charge is 0.268 e. The molecule has 26 heavy (non-hydrogen) atoms. The van der Waals surface area contributed by atoms with Crippen LogP contribution in [-0.2, 0) is 12.8 Å². The molecule has 0 spiro atoms. The molecule has 4 N–H and O–H groups in total. The molecule has 138 valence electrons. The summed E-state index contributed by atoms with van der Waals surface area (Å²) in [5.74, 6) is 0.175. The molecular formula is C20H25N3O3. The largest absolute Gasteiger partial charge is 0.493 e. The molecule has 2 heterocycles. The number of aromatic nitrogens is 1. The van der Waals surface area contributed by atoms with Crippen LogP contribution in [0.2, 0.25) is 0 Å². The van der Waals surface area contributed by atoms with E-state index < -0.39 is 5.91 Å². The summed E-state index contributed by atoms with van der Waals surface area (Å²) in [5.41, 5.74) is 9.77. The number of amides is 2. The zero-order valence-corrected chi connectivity index (χ0v) is 15.4. The molecule has 0 bridgehead atoms. The van der Waals surface area contributed by atoms with E-state index in [4.69, 9.17) is 10.5 Å². The Balaban J connectivity index is 1.82. The summed E-state index contributed by atoms with van der Waals surface area (Å²) in [5, 5.41) is 3.01. The molecule has 3 rings (SSSR count). The molecule has 1 aliphatic heterocycles. The highest BCUT2D eigenvalue weighted by atomic mass is 16.5. The predicted octanol–water partition coefficient (Wildman–Crippen LogP) is 2.80. The van der Waals surface area contributed by atoms with Gasteiger partial charge in [-0.05, 0) is 55.9 Å². The van der Waals surface area contributed by atoms with Crippen LogP contribution in [0.5, 0.6) is 5.75 Å². The van der Waals surface area contributed by atoms with Gasteiger partial charge in [0.1, 0.15) is 11.4 Å². The van der Waals surface area contributed by atoms with Gasteiger partial charge in [-0.1, -0.05) is 19.1 Å². The number of carbonyl (C=O) groups is 2. The number of aromatic amines is 1. The van der Waals surface area contributed by atoms with Crippen LogP contribution in [0.15, 0.2) is 18.2 Å². The molecule has 0 saturated heterocycles. The van der Waals surface area contributed by atoms with Crippen molar-refractivity contribution in [1.29, 1.82) is 0 Å². The number of carbonyl (C=O) groups excluding carboxylic acids is 2. The average molecular weight is 355 g/mol. The summed E-state index contributed by atoms with van der Waals surface area (Å²) in [4.78, 5) is 27.5. The highest BCUT2D eigenvalue weighted by Gasteiger charge is 2.23. The first kappa shape index (κ1) is 18.0. The molecule has 0 radical (unpaired) electrons. The fourth-order valence-corrected chi connectivity index (χ4v) is 3.56. The summed E-state index contributed by atoms with van der Waals surface area (Å²) in [6, 6.07) is 5.87. The molecule has 1 aromatic carbocycles. The van der Waals surface area contributed by atoms with Crippen molar-refractivity contribution >= 4 is 11.8 Å². The molecule has 1 aromatic heterocycles. The minimum atomic E-state index is -0.516. The Hall–Kier alpha value is -2.76. The number of primary amides is 1. The second kappa shape index (κ2) is 7.23. The maximum atomic E-state index is 12.8. The standard InChI is InChI=1S/C20H25N3O3/c1-4-15-17(19(21)24)12(3)22-18(15)20(25)23-11(2)13-7-8-16-14(10-13)6-5-9-26-16/h7-8,10-11,22H,4-6,9H2,1-3H3,(H2,21,24)(H,23,25). The van der Waals surface area contributed by atoms with Crippen LogP contribution in [0.1, 0.15) is 69.5 Å². The zero-order chi connectivity index (χ0) is 18.8. The summed E-state index contributed by atoms with van der Waals surface area (Å²) in [7, 11) is 0. The van der Waals surface area contributed by atoms with E-state index in [1.54, 1.807) is 6.92 Å². The van der Waals surface area contributed by atoms with Crippen molar-refractivity contribution in [3.05, 3.63) is 51.8 Å². The first-order valence-electron chi connectivity index (χ1n) is 9.00. The molecule has 0 saturated carbocycles. The second-order valence-electron chi connectivity index (χ2n) is 6.71. The van der Waals surface area contributed by atoms with Gasteiger partial charge in [-0.15, -0.1) is 0 Å². The fraction of sp³-hybridized carbons (Fsp3) is 0.400. The van der Waals surface area contributed by atoms with Crippen LogP contribution in [0.25, 0.3) is 0 Å². The van der Waals surface area contributed by atoms with Crippen LogP contribution in [0.4, 0.5) is 0 Å². The number of nitrogens with two attached hydrogens (primary N) is 1. The molecule has 0 aliphatic carbocycles. The van der Waals surface area contributed by atoms with Crippen LogP contribution in [0, 0.1) is 6.92 Å².